The van der Waals surface area contributed by atoms with Gasteiger partial charge in [-0.1, -0.05) is 24.3 Å². The van der Waals surface area contributed by atoms with Crippen molar-refractivity contribution < 1.29 is 4.79 Å². The number of carbonyl (C=O) groups is 1. The van der Waals surface area contributed by atoms with E-state index in [4.69, 9.17) is 5.73 Å². The number of benzene rings is 1. The van der Waals surface area contributed by atoms with Crippen molar-refractivity contribution in [1.82, 2.24) is 4.90 Å². The first-order valence-corrected chi connectivity index (χ1v) is 5.86. The number of amides is 1. The molecular formula is C13H18N2O. The molecule has 3 nitrogen and oxygen atoms in total. The van der Waals surface area contributed by atoms with E-state index in [2.05, 4.69) is 12.1 Å². The Kier molecular flexibility index (Phi) is 3.57. The molecule has 0 aliphatic carbocycles. The molecule has 3 heteroatoms. The molecule has 0 atom stereocenters. The molecular weight excluding hydrogens is 200 g/mol. The number of hydrogen-bond acceptors (Lipinski definition) is 2. The number of rotatable bonds is 4. The van der Waals surface area contributed by atoms with Crippen LogP contribution >= 0.6 is 0 Å². The Labute approximate surface area is 96.2 Å². The Bertz CT molecular complexity index is 376. The molecule has 1 aromatic rings. The van der Waals surface area contributed by atoms with Crippen LogP contribution in [0.3, 0.4) is 0 Å². The molecule has 1 heterocycles. The van der Waals surface area contributed by atoms with Crippen molar-refractivity contribution in [3.8, 4) is 0 Å². The molecule has 1 aliphatic heterocycles. The summed E-state index contributed by atoms with van der Waals surface area (Å²) in [6, 6.07) is 8.19. The topological polar surface area (TPSA) is 46.3 Å². The number of likely N-dealkylation sites (tertiary alicyclic amines) is 1. The van der Waals surface area contributed by atoms with Gasteiger partial charge in [0, 0.05) is 26.1 Å². The van der Waals surface area contributed by atoms with E-state index in [1.165, 1.54) is 11.1 Å². The molecule has 1 aliphatic rings. The minimum absolute atomic E-state index is 0.297. The van der Waals surface area contributed by atoms with E-state index >= 15 is 0 Å². The molecule has 2 N–H and O–H groups in total. The Balaban J connectivity index is 1.96. The smallest absolute Gasteiger partial charge is 0.222 e. The highest BCUT2D eigenvalue weighted by atomic mass is 16.2. The van der Waals surface area contributed by atoms with E-state index in [-0.39, 0.29) is 0 Å². The fourth-order valence-electron chi connectivity index (χ4n) is 2.20. The minimum atomic E-state index is 0.297. The zero-order chi connectivity index (χ0) is 11.4. The van der Waals surface area contributed by atoms with Crippen molar-refractivity contribution in [3.63, 3.8) is 0 Å². The Hall–Kier alpha value is -1.35. The van der Waals surface area contributed by atoms with Gasteiger partial charge in [-0.3, -0.25) is 4.79 Å². The van der Waals surface area contributed by atoms with E-state index in [0.717, 1.165) is 32.4 Å². The Morgan fingerprint density at radius 3 is 2.62 bits per heavy atom. The molecule has 1 fully saturated rings. The third-order valence-electron chi connectivity index (χ3n) is 3.16. The highest BCUT2D eigenvalue weighted by Gasteiger charge is 2.19. The summed E-state index contributed by atoms with van der Waals surface area (Å²) < 4.78 is 0. The zero-order valence-corrected chi connectivity index (χ0v) is 9.48. The van der Waals surface area contributed by atoms with E-state index in [0.29, 0.717) is 12.5 Å². The number of hydrogen-bond donors (Lipinski definition) is 1. The van der Waals surface area contributed by atoms with Gasteiger partial charge in [-0.15, -0.1) is 0 Å². The molecule has 1 amide bonds. The predicted octanol–water partition coefficient (Wildman–Crippen LogP) is 1.31. The second-order valence-electron chi connectivity index (χ2n) is 4.21. The maximum Gasteiger partial charge on any atom is 0.222 e. The van der Waals surface area contributed by atoms with Crippen molar-refractivity contribution in [2.75, 3.05) is 13.1 Å². The second kappa shape index (κ2) is 5.12. The SMILES string of the molecule is NCc1ccccc1CCN1CCCC1=O. The van der Waals surface area contributed by atoms with Gasteiger partial charge in [0.1, 0.15) is 0 Å². The van der Waals surface area contributed by atoms with Gasteiger partial charge in [-0.05, 0) is 24.0 Å². The Morgan fingerprint density at radius 1 is 1.25 bits per heavy atom. The van der Waals surface area contributed by atoms with Crippen LogP contribution in [0.2, 0.25) is 0 Å². The van der Waals surface area contributed by atoms with Gasteiger partial charge in [0.25, 0.3) is 0 Å². The molecule has 86 valence electrons. The average Bonchev–Trinajstić information content (AvgIpc) is 2.72. The van der Waals surface area contributed by atoms with Crippen LogP contribution in [0, 0.1) is 0 Å². The van der Waals surface area contributed by atoms with Crippen LogP contribution in [0.1, 0.15) is 24.0 Å². The lowest BCUT2D eigenvalue weighted by molar-refractivity contribution is -0.127. The molecule has 16 heavy (non-hydrogen) atoms. The van der Waals surface area contributed by atoms with Crippen molar-refractivity contribution in [2.24, 2.45) is 5.73 Å². The molecule has 0 spiro atoms. The van der Waals surface area contributed by atoms with Crippen molar-refractivity contribution in [3.05, 3.63) is 35.4 Å². The first-order chi connectivity index (χ1) is 7.81. The van der Waals surface area contributed by atoms with Crippen LogP contribution in [0.25, 0.3) is 0 Å². The highest BCUT2D eigenvalue weighted by molar-refractivity contribution is 5.78. The normalized spacial score (nSPS) is 15.8. The molecule has 2 rings (SSSR count). The summed E-state index contributed by atoms with van der Waals surface area (Å²) >= 11 is 0. The maximum absolute atomic E-state index is 11.5. The quantitative estimate of drug-likeness (QED) is 0.828. The van der Waals surface area contributed by atoms with Gasteiger partial charge in [0.15, 0.2) is 0 Å². The van der Waals surface area contributed by atoms with Crippen LogP contribution in [0.4, 0.5) is 0 Å². The lowest BCUT2D eigenvalue weighted by Crippen LogP contribution is -2.27. The lowest BCUT2D eigenvalue weighted by atomic mass is 10.0. The summed E-state index contributed by atoms with van der Waals surface area (Å²) in [5.41, 5.74) is 8.14. The first kappa shape index (κ1) is 11.1. The first-order valence-electron chi connectivity index (χ1n) is 5.86. The number of nitrogens with zero attached hydrogens (tertiary/aromatic N) is 1. The third-order valence-corrected chi connectivity index (χ3v) is 3.16. The lowest BCUT2D eigenvalue weighted by Gasteiger charge is -2.16. The predicted molar refractivity (Wildman–Crippen MR) is 63.9 cm³/mol. The van der Waals surface area contributed by atoms with Crippen LogP contribution in [-0.4, -0.2) is 23.9 Å². The minimum Gasteiger partial charge on any atom is -0.342 e. The van der Waals surface area contributed by atoms with E-state index < -0.39 is 0 Å². The zero-order valence-electron chi connectivity index (χ0n) is 9.48. The molecule has 0 unspecified atom stereocenters. The maximum atomic E-state index is 11.5. The van der Waals surface area contributed by atoms with E-state index in [1.54, 1.807) is 0 Å². The molecule has 0 aromatic heterocycles. The van der Waals surface area contributed by atoms with Gasteiger partial charge in [-0.25, -0.2) is 0 Å². The van der Waals surface area contributed by atoms with Gasteiger partial charge < -0.3 is 10.6 Å². The van der Waals surface area contributed by atoms with Gasteiger partial charge >= 0.3 is 0 Å². The van der Waals surface area contributed by atoms with Crippen molar-refractivity contribution >= 4 is 5.91 Å². The summed E-state index contributed by atoms with van der Waals surface area (Å²) in [6.07, 6.45) is 2.65. The van der Waals surface area contributed by atoms with Crippen LogP contribution < -0.4 is 5.73 Å². The number of nitrogens with two attached hydrogens (primary N) is 1. The summed E-state index contributed by atoms with van der Waals surface area (Å²) in [7, 11) is 0. The molecule has 1 saturated heterocycles. The second-order valence-corrected chi connectivity index (χ2v) is 4.21. The molecule has 0 bridgehead atoms. The summed E-state index contributed by atoms with van der Waals surface area (Å²) in [5, 5.41) is 0. The molecule has 0 saturated carbocycles. The van der Waals surface area contributed by atoms with E-state index in [1.807, 2.05) is 17.0 Å². The average molecular weight is 218 g/mol. The van der Waals surface area contributed by atoms with Gasteiger partial charge in [0.2, 0.25) is 5.91 Å². The Morgan fingerprint density at radius 2 is 2.00 bits per heavy atom. The largest absolute Gasteiger partial charge is 0.342 e. The molecule has 0 radical (unpaired) electrons. The van der Waals surface area contributed by atoms with E-state index in [9.17, 15) is 4.79 Å². The fraction of sp³-hybridized carbons (Fsp3) is 0.462. The standard InChI is InChI=1S/C13H18N2O/c14-10-12-5-2-1-4-11(12)7-9-15-8-3-6-13(15)16/h1-2,4-5H,3,6-10,14H2. The monoisotopic (exact) mass is 218 g/mol. The fourth-order valence-corrected chi connectivity index (χ4v) is 2.20. The van der Waals surface area contributed by atoms with Gasteiger partial charge in [-0.2, -0.15) is 0 Å². The summed E-state index contributed by atoms with van der Waals surface area (Å²) in [5.74, 6) is 0.297. The van der Waals surface area contributed by atoms with Crippen molar-refractivity contribution in [2.45, 2.75) is 25.8 Å². The third kappa shape index (κ3) is 2.42. The van der Waals surface area contributed by atoms with Crippen LogP contribution in [0.5, 0.6) is 0 Å². The van der Waals surface area contributed by atoms with Crippen LogP contribution in [0.15, 0.2) is 24.3 Å². The summed E-state index contributed by atoms with van der Waals surface area (Å²) in [4.78, 5) is 13.4. The highest BCUT2D eigenvalue weighted by Crippen LogP contribution is 2.13. The van der Waals surface area contributed by atoms with Crippen molar-refractivity contribution in [1.29, 1.82) is 0 Å². The summed E-state index contributed by atoms with van der Waals surface area (Å²) in [6.45, 7) is 2.32. The number of carbonyl (C=O) groups excluding carboxylic acids is 1. The molecule has 1 aromatic carbocycles. The van der Waals surface area contributed by atoms with Crippen LogP contribution in [-0.2, 0) is 17.8 Å². The van der Waals surface area contributed by atoms with Gasteiger partial charge in [0.05, 0.1) is 0 Å².